The second-order valence-corrected chi connectivity index (χ2v) is 9.75. The highest BCUT2D eigenvalue weighted by atomic mass is 32.2. The number of aryl methyl sites for hydroxylation is 1. The van der Waals surface area contributed by atoms with Crippen LogP contribution in [0.3, 0.4) is 0 Å². The van der Waals surface area contributed by atoms with E-state index in [1.54, 1.807) is 18.9 Å². The van der Waals surface area contributed by atoms with Gasteiger partial charge in [-0.3, -0.25) is 0 Å². The molecule has 0 spiro atoms. The van der Waals surface area contributed by atoms with Crippen molar-refractivity contribution in [2.45, 2.75) is 68.8 Å². The van der Waals surface area contributed by atoms with Gasteiger partial charge in [0.15, 0.2) is 0 Å². The van der Waals surface area contributed by atoms with E-state index in [1.165, 1.54) is 5.56 Å². The third-order valence-corrected chi connectivity index (χ3v) is 6.11. The molecular weight excluding hydrogens is 421 g/mol. The highest BCUT2D eigenvalue weighted by Crippen LogP contribution is 2.31. The number of ether oxygens (including phenoxy) is 1. The molecule has 0 saturated heterocycles. The van der Waals surface area contributed by atoms with E-state index in [-0.39, 0.29) is 11.8 Å². The Morgan fingerprint density at radius 1 is 1.00 bits per heavy atom. The number of benzene rings is 2. The van der Waals surface area contributed by atoms with Gasteiger partial charge in [-0.05, 0) is 48.7 Å². The molecule has 0 amide bonds. The smallest absolute Gasteiger partial charge is 0.389 e. The maximum absolute atomic E-state index is 12.5. The summed E-state index contributed by atoms with van der Waals surface area (Å²) in [6.07, 6.45) is -4.24. The zero-order chi connectivity index (χ0) is 22.6. The van der Waals surface area contributed by atoms with E-state index in [0.717, 1.165) is 33.3 Å². The predicted octanol–water partition coefficient (Wildman–Crippen LogP) is 7.37. The minimum atomic E-state index is -4.10. The minimum Gasteiger partial charge on any atom is -0.497 e. The summed E-state index contributed by atoms with van der Waals surface area (Å²) in [5.41, 5.74) is 2.88. The zero-order valence-electron chi connectivity index (χ0n) is 18.4. The lowest BCUT2D eigenvalue weighted by Gasteiger charge is -2.20. The first kappa shape index (κ1) is 23.5. The second kappa shape index (κ2) is 9.55. The number of alkyl halides is 3. The Labute approximate surface area is 186 Å². The summed E-state index contributed by atoms with van der Waals surface area (Å²) >= 11 is 1.73. The number of fused-ring (bicyclic) bond motifs is 1. The third kappa shape index (κ3) is 6.42. The van der Waals surface area contributed by atoms with Crippen LogP contribution in [0.15, 0.2) is 47.4 Å². The van der Waals surface area contributed by atoms with Crippen molar-refractivity contribution in [3.05, 3.63) is 53.9 Å². The fourth-order valence-electron chi connectivity index (χ4n) is 3.48. The van der Waals surface area contributed by atoms with Gasteiger partial charge in [0.25, 0.3) is 0 Å². The number of aromatic nitrogens is 2. The average molecular weight is 451 g/mol. The maximum atomic E-state index is 12.5. The van der Waals surface area contributed by atoms with E-state index in [0.29, 0.717) is 13.0 Å². The normalized spacial score (nSPS) is 12.5. The summed E-state index contributed by atoms with van der Waals surface area (Å²) in [4.78, 5) is 5.98. The highest BCUT2D eigenvalue weighted by molar-refractivity contribution is 7.98. The molecule has 1 aromatic heterocycles. The summed E-state index contributed by atoms with van der Waals surface area (Å²) in [6.45, 7) is 6.79. The van der Waals surface area contributed by atoms with Crippen LogP contribution in [0.2, 0.25) is 0 Å². The van der Waals surface area contributed by atoms with Crippen molar-refractivity contribution in [3.8, 4) is 5.75 Å². The molecular formula is C24H29F3N2OS. The van der Waals surface area contributed by atoms with Crippen LogP contribution in [0.4, 0.5) is 13.2 Å². The molecule has 0 aliphatic rings. The highest BCUT2D eigenvalue weighted by Gasteiger charge is 2.27. The number of rotatable bonds is 8. The van der Waals surface area contributed by atoms with Crippen LogP contribution in [0.25, 0.3) is 11.0 Å². The van der Waals surface area contributed by atoms with Crippen molar-refractivity contribution in [2.24, 2.45) is 0 Å². The van der Waals surface area contributed by atoms with Crippen molar-refractivity contribution in [2.75, 3.05) is 7.11 Å². The molecule has 0 atom stereocenters. The van der Waals surface area contributed by atoms with E-state index in [1.807, 2.05) is 18.2 Å². The van der Waals surface area contributed by atoms with Crippen LogP contribution in [0.5, 0.6) is 5.75 Å². The van der Waals surface area contributed by atoms with Gasteiger partial charge in [0.2, 0.25) is 0 Å². The lowest BCUT2D eigenvalue weighted by atomic mass is 9.95. The first-order valence-corrected chi connectivity index (χ1v) is 11.4. The van der Waals surface area contributed by atoms with E-state index >= 15 is 0 Å². The van der Waals surface area contributed by atoms with Gasteiger partial charge in [0.1, 0.15) is 11.6 Å². The van der Waals surface area contributed by atoms with E-state index in [9.17, 15) is 13.2 Å². The van der Waals surface area contributed by atoms with Crippen molar-refractivity contribution >= 4 is 22.8 Å². The van der Waals surface area contributed by atoms with Crippen molar-refractivity contribution in [1.29, 1.82) is 0 Å². The Morgan fingerprint density at radius 3 is 2.32 bits per heavy atom. The van der Waals surface area contributed by atoms with Gasteiger partial charge in [-0.25, -0.2) is 4.98 Å². The Kier molecular flexibility index (Phi) is 7.24. The fourth-order valence-corrected chi connectivity index (χ4v) is 4.37. The quantitative estimate of drug-likeness (QED) is 0.265. The zero-order valence-corrected chi connectivity index (χ0v) is 19.2. The van der Waals surface area contributed by atoms with Gasteiger partial charge in [-0.2, -0.15) is 13.2 Å². The standard InChI is InChI=1S/C24H29F3N2OS/c1-23(2,3)22-28-20-15-19(31-16-17-7-9-18(30-4)10-8-17)11-12-21(20)29(22)14-6-5-13-24(25,26)27/h7-12,15H,5-6,13-14,16H2,1-4H3. The van der Waals surface area contributed by atoms with Crippen LogP contribution in [-0.2, 0) is 17.7 Å². The van der Waals surface area contributed by atoms with Crippen LogP contribution < -0.4 is 4.74 Å². The molecule has 7 heteroatoms. The number of hydrogen-bond donors (Lipinski definition) is 0. The van der Waals surface area contributed by atoms with E-state index < -0.39 is 12.6 Å². The van der Waals surface area contributed by atoms with Gasteiger partial charge in [0, 0.05) is 29.0 Å². The molecule has 3 aromatic rings. The van der Waals surface area contributed by atoms with Crippen LogP contribution in [0.1, 0.15) is 51.4 Å². The van der Waals surface area contributed by atoms with Crippen LogP contribution in [0, 0.1) is 0 Å². The van der Waals surface area contributed by atoms with Gasteiger partial charge in [-0.15, -0.1) is 11.8 Å². The summed E-state index contributed by atoms with van der Waals surface area (Å²) in [5, 5.41) is 0. The largest absolute Gasteiger partial charge is 0.497 e. The lowest BCUT2D eigenvalue weighted by Crippen LogP contribution is -2.19. The Bertz CT molecular complexity index is 1000. The number of unbranched alkanes of at least 4 members (excludes halogenated alkanes) is 1. The molecule has 0 aliphatic heterocycles. The van der Waals surface area contributed by atoms with Gasteiger partial charge < -0.3 is 9.30 Å². The molecule has 3 rings (SSSR count). The summed E-state index contributed by atoms with van der Waals surface area (Å²) in [6, 6.07) is 14.2. The van der Waals surface area contributed by atoms with Crippen molar-refractivity contribution < 1.29 is 17.9 Å². The summed E-state index contributed by atoms with van der Waals surface area (Å²) < 4.78 is 44.8. The SMILES string of the molecule is COc1ccc(CSc2ccc3c(c2)nc(C(C)(C)C)n3CCCCC(F)(F)F)cc1. The molecule has 0 fully saturated rings. The molecule has 2 aromatic carbocycles. The first-order valence-electron chi connectivity index (χ1n) is 10.4. The number of methoxy groups -OCH3 is 1. The molecule has 1 heterocycles. The maximum Gasteiger partial charge on any atom is 0.389 e. The van der Waals surface area contributed by atoms with Gasteiger partial charge in [0.05, 0.1) is 18.1 Å². The topological polar surface area (TPSA) is 27.1 Å². The Balaban J connectivity index is 1.76. The molecule has 0 aliphatic carbocycles. The van der Waals surface area contributed by atoms with E-state index in [4.69, 9.17) is 9.72 Å². The molecule has 0 radical (unpaired) electrons. The minimum absolute atomic E-state index is 0.128. The summed E-state index contributed by atoms with van der Waals surface area (Å²) in [5.74, 6) is 2.58. The fraction of sp³-hybridized carbons (Fsp3) is 0.458. The van der Waals surface area contributed by atoms with Crippen molar-refractivity contribution in [1.82, 2.24) is 9.55 Å². The molecule has 0 bridgehead atoms. The second-order valence-electron chi connectivity index (χ2n) is 8.70. The number of imidazole rings is 1. The first-order chi connectivity index (χ1) is 14.6. The number of halogens is 3. The third-order valence-electron chi connectivity index (χ3n) is 5.05. The monoisotopic (exact) mass is 450 g/mol. The molecule has 168 valence electrons. The summed E-state index contributed by atoms with van der Waals surface area (Å²) in [7, 11) is 1.65. The molecule has 31 heavy (non-hydrogen) atoms. The molecule has 0 unspecified atom stereocenters. The molecule has 0 N–H and O–H groups in total. The number of hydrogen-bond acceptors (Lipinski definition) is 3. The predicted molar refractivity (Wildman–Crippen MR) is 121 cm³/mol. The van der Waals surface area contributed by atoms with Crippen molar-refractivity contribution in [3.63, 3.8) is 0 Å². The van der Waals surface area contributed by atoms with E-state index in [2.05, 4.69) is 49.6 Å². The molecule has 3 nitrogen and oxygen atoms in total. The number of thioether (sulfide) groups is 1. The average Bonchev–Trinajstić information content (AvgIpc) is 3.07. The lowest BCUT2D eigenvalue weighted by molar-refractivity contribution is -0.135. The van der Waals surface area contributed by atoms with Crippen LogP contribution in [-0.4, -0.2) is 22.8 Å². The Morgan fingerprint density at radius 2 is 1.71 bits per heavy atom. The Hall–Kier alpha value is -2.15. The number of nitrogens with zero attached hydrogens (tertiary/aromatic N) is 2. The van der Waals surface area contributed by atoms with Gasteiger partial charge in [-0.1, -0.05) is 32.9 Å². The van der Waals surface area contributed by atoms with Crippen LogP contribution >= 0.6 is 11.8 Å². The van der Waals surface area contributed by atoms with Gasteiger partial charge >= 0.3 is 6.18 Å². The molecule has 0 saturated carbocycles.